The molecule has 0 aliphatic carbocycles. The first-order chi connectivity index (χ1) is 14.3. The van der Waals surface area contributed by atoms with Crippen LogP contribution < -0.4 is 10.6 Å². The van der Waals surface area contributed by atoms with E-state index < -0.39 is 6.89 Å². The Morgan fingerprint density at radius 3 is 1.86 bits per heavy atom. The highest BCUT2D eigenvalue weighted by molar-refractivity contribution is 7.94. The topological polar surface area (TPSA) is 60.7 Å². The van der Waals surface area contributed by atoms with Crippen molar-refractivity contribution in [2.24, 2.45) is 0 Å². The van der Waals surface area contributed by atoms with Crippen LogP contribution in [0, 0.1) is 22.7 Å². The number of nitrogens with zero attached hydrogens (tertiary/aromatic N) is 2. The van der Waals surface area contributed by atoms with Gasteiger partial charge in [-0.2, -0.15) is 10.5 Å². The maximum Gasteiger partial charge on any atom is 0.154 e. The molecule has 4 aromatic rings. The third-order valence-corrected chi connectivity index (χ3v) is 9.41. The zero-order chi connectivity index (χ0) is 19.8. The van der Waals surface area contributed by atoms with Crippen LogP contribution in [0.25, 0.3) is 17.0 Å². The standard InChI is InChI=1S/C25H15N2OP/c26-16-20-15-22-21-13-7-8-14-23(21)28-25(22)24(17-27)29(20,18-9-3-1-4-10-18)19-11-5-2-6-12-19/h1-15H. The largest absolute Gasteiger partial charge is 0.455 e. The summed E-state index contributed by atoms with van der Waals surface area (Å²) in [4.78, 5) is 0. The van der Waals surface area contributed by atoms with E-state index in [1.165, 1.54) is 0 Å². The fourth-order valence-corrected chi connectivity index (χ4v) is 8.06. The van der Waals surface area contributed by atoms with Gasteiger partial charge in [0, 0.05) is 17.8 Å². The van der Waals surface area contributed by atoms with Crippen molar-refractivity contribution in [2.45, 2.75) is 0 Å². The molecule has 1 aliphatic heterocycles. The number of nitriles is 2. The second kappa shape index (κ2) is 6.68. The minimum absolute atomic E-state index is 0.542. The molecule has 29 heavy (non-hydrogen) atoms. The van der Waals surface area contributed by atoms with Crippen LogP contribution in [-0.2, 0) is 0 Å². The molecule has 0 spiro atoms. The van der Waals surface area contributed by atoms with Crippen LogP contribution in [0.5, 0.6) is 0 Å². The predicted octanol–water partition coefficient (Wildman–Crippen LogP) is 5.02. The summed E-state index contributed by atoms with van der Waals surface area (Å²) in [5, 5.41) is 24.7. The van der Waals surface area contributed by atoms with Gasteiger partial charge in [-0.15, -0.1) is 0 Å². The first kappa shape index (κ1) is 17.3. The van der Waals surface area contributed by atoms with E-state index in [0.29, 0.717) is 16.4 Å². The minimum atomic E-state index is -2.64. The second-order valence-electron chi connectivity index (χ2n) is 6.78. The Balaban J connectivity index is 2.05. The second-order valence-corrected chi connectivity index (χ2v) is 10.1. The Bertz CT molecular complexity index is 1370. The molecule has 1 aliphatic rings. The molecule has 0 atom stereocenters. The van der Waals surface area contributed by atoms with Gasteiger partial charge in [-0.1, -0.05) is 78.9 Å². The molecule has 2 heterocycles. The van der Waals surface area contributed by atoms with Crippen molar-refractivity contribution < 1.29 is 4.42 Å². The Morgan fingerprint density at radius 2 is 1.28 bits per heavy atom. The van der Waals surface area contributed by atoms with Crippen molar-refractivity contribution in [3.05, 3.63) is 102 Å². The third-order valence-electron chi connectivity index (χ3n) is 5.33. The maximum absolute atomic E-state index is 10.4. The van der Waals surface area contributed by atoms with Crippen molar-refractivity contribution in [3.63, 3.8) is 0 Å². The predicted molar refractivity (Wildman–Crippen MR) is 119 cm³/mol. The minimum Gasteiger partial charge on any atom is -0.455 e. The number of allylic oxidation sites excluding steroid dienone is 1. The molecule has 5 rings (SSSR count). The average Bonchev–Trinajstić information content (AvgIpc) is 3.16. The lowest BCUT2D eigenvalue weighted by atomic mass is 10.1. The summed E-state index contributed by atoms with van der Waals surface area (Å²) in [5.74, 6) is 0.578. The summed E-state index contributed by atoms with van der Waals surface area (Å²) in [6.07, 6.45) is 1.93. The van der Waals surface area contributed by atoms with E-state index in [2.05, 4.69) is 12.1 Å². The molecule has 3 aromatic carbocycles. The number of rotatable bonds is 2. The molecule has 1 aromatic heterocycles. The van der Waals surface area contributed by atoms with Gasteiger partial charge in [-0.05, 0) is 22.8 Å². The first-order valence-electron chi connectivity index (χ1n) is 9.23. The molecule has 0 amide bonds. The van der Waals surface area contributed by atoms with Gasteiger partial charge in [0.25, 0.3) is 0 Å². The smallest absolute Gasteiger partial charge is 0.154 e. The maximum atomic E-state index is 10.4. The molecule has 0 saturated carbocycles. The molecule has 0 fully saturated rings. The average molecular weight is 390 g/mol. The molecular weight excluding hydrogens is 375 g/mol. The van der Waals surface area contributed by atoms with E-state index in [9.17, 15) is 10.5 Å². The number of benzene rings is 3. The van der Waals surface area contributed by atoms with Crippen LogP contribution in [0.3, 0.4) is 0 Å². The van der Waals surface area contributed by atoms with Crippen LogP contribution in [0.1, 0.15) is 11.3 Å². The molecule has 0 unspecified atom stereocenters. The van der Waals surface area contributed by atoms with Crippen LogP contribution in [-0.4, -0.2) is 5.29 Å². The van der Waals surface area contributed by atoms with Gasteiger partial charge >= 0.3 is 0 Å². The van der Waals surface area contributed by atoms with E-state index in [1.54, 1.807) is 0 Å². The van der Waals surface area contributed by atoms with Gasteiger partial charge in [0.15, 0.2) is 5.76 Å². The highest BCUT2D eigenvalue weighted by Crippen LogP contribution is 2.59. The molecular formula is C25H15N2OP. The van der Waals surface area contributed by atoms with Crippen LogP contribution >= 0.6 is 6.89 Å². The van der Waals surface area contributed by atoms with Crippen molar-refractivity contribution >= 4 is 39.8 Å². The van der Waals surface area contributed by atoms with E-state index >= 15 is 0 Å². The molecule has 0 saturated heterocycles. The molecule has 0 N–H and O–H groups in total. The lowest BCUT2D eigenvalue weighted by Crippen LogP contribution is -2.25. The molecule has 0 bridgehead atoms. The molecule has 0 radical (unpaired) electrons. The quantitative estimate of drug-likeness (QED) is 0.451. The lowest BCUT2D eigenvalue weighted by molar-refractivity contribution is 0.606. The molecule has 4 heteroatoms. The summed E-state index contributed by atoms with van der Waals surface area (Å²) in [6, 6.07) is 32.4. The van der Waals surface area contributed by atoms with Gasteiger partial charge in [-0.3, -0.25) is 0 Å². The van der Waals surface area contributed by atoms with Crippen molar-refractivity contribution in [1.29, 1.82) is 10.5 Å². The Labute approximate surface area is 168 Å². The van der Waals surface area contributed by atoms with Gasteiger partial charge in [0.2, 0.25) is 0 Å². The van der Waals surface area contributed by atoms with E-state index in [0.717, 1.165) is 27.1 Å². The Kier molecular flexibility index (Phi) is 3.99. The number of para-hydroxylation sites is 1. The first-order valence-corrected chi connectivity index (χ1v) is 11.0. The highest BCUT2D eigenvalue weighted by atomic mass is 31.2. The van der Waals surface area contributed by atoms with Crippen molar-refractivity contribution in [3.8, 4) is 12.1 Å². The van der Waals surface area contributed by atoms with Crippen molar-refractivity contribution in [1.82, 2.24) is 0 Å². The van der Waals surface area contributed by atoms with Gasteiger partial charge in [0.05, 0.1) is 5.31 Å². The van der Waals surface area contributed by atoms with Gasteiger partial charge < -0.3 is 4.42 Å². The van der Waals surface area contributed by atoms with Crippen molar-refractivity contribution in [2.75, 3.05) is 0 Å². The van der Waals surface area contributed by atoms with Gasteiger partial charge in [-0.25, -0.2) is 0 Å². The fourth-order valence-electron chi connectivity index (χ4n) is 4.11. The van der Waals surface area contributed by atoms with Crippen LogP contribution in [0.4, 0.5) is 0 Å². The normalized spacial score (nSPS) is 14.6. The number of fused-ring (bicyclic) bond motifs is 3. The fraction of sp³-hybridized carbons (Fsp3) is 0. The monoisotopic (exact) mass is 390 g/mol. The highest BCUT2D eigenvalue weighted by Gasteiger charge is 2.38. The summed E-state index contributed by atoms with van der Waals surface area (Å²) < 4.78 is 6.20. The zero-order valence-corrected chi connectivity index (χ0v) is 16.3. The van der Waals surface area contributed by atoms with E-state index in [4.69, 9.17) is 4.42 Å². The molecule has 136 valence electrons. The summed E-state index contributed by atoms with van der Waals surface area (Å²) in [7, 11) is 0. The Hall–Kier alpha value is -3.78. The zero-order valence-electron chi connectivity index (χ0n) is 15.4. The van der Waals surface area contributed by atoms with E-state index in [-0.39, 0.29) is 0 Å². The summed E-state index contributed by atoms with van der Waals surface area (Å²) in [5.41, 5.74) is 1.54. The molecule has 3 nitrogen and oxygen atoms in total. The summed E-state index contributed by atoms with van der Waals surface area (Å²) >= 11 is 0. The number of hydrogen-bond donors (Lipinski definition) is 0. The van der Waals surface area contributed by atoms with Crippen LogP contribution in [0.15, 0.2) is 94.7 Å². The summed E-state index contributed by atoms with van der Waals surface area (Å²) in [6.45, 7) is -2.64. The van der Waals surface area contributed by atoms with E-state index in [1.807, 2.05) is 91.0 Å². The Morgan fingerprint density at radius 1 is 0.690 bits per heavy atom. The number of hydrogen-bond acceptors (Lipinski definition) is 3. The SMILES string of the molecule is N#CC1=Cc2c(oc3ccccc23)C(C#N)=P1(c1ccccc1)c1ccccc1. The van der Waals surface area contributed by atoms with Crippen LogP contribution in [0.2, 0.25) is 0 Å². The van der Waals surface area contributed by atoms with Gasteiger partial charge in [0.1, 0.15) is 23.0 Å². The number of furan rings is 1. The lowest BCUT2D eigenvalue weighted by Gasteiger charge is -2.31. The third kappa shape index (κ3) is 2.36.